The molecule has 4 heteroatoms. The van der Waals surface area contributed by atoms with Crippen molar-refractivity contribution in [2.45, 2.75) is 17.8 Å². The van der Waals surface area contributed by atoms with Crippen molar-refractivity contribution in [1.82, 2.24) is 5.32 Å². The molecule has 0 spiro atoms. The molecule has 0 rings (SSSR count). The average Bonchev–Trinajstić information content (AvgIpc) is 1.63. The van der Waals surface area contributed by atoms with Gasteiger partial charge in [0.1, 0.15) is 0 Å². The second kappa shape index (κ2) is 4.16. The van der Waals surface area contributed by atoms with Crippen molar-refractivity contribution in [3.05, 3.63) is 0 Å². The first-order valence-corrected chi connectivity index (χ1v) is 4.15. The Bertz CT molecular complexity index is 135. The van der Waals surface area contributed by atoms with Crippen LogP contribution < -0.4 is 5.32 Å². The lowest BCUT2D eigenvalue weighted by atomic mass is 10.5. The lowest BCUT2D eigenvalue weighted by Crippen LogP contribution is -2.31. The first-order valence-electron chi connectivity index (χ1n) is 2.49. The molecule has 1 atom stereocenters. The van der Waals surface area contributed by atoms with Gasteiger partial charge in [-0.2, -0.15) is 0 Å². The zero-order chi connectivity index (χ0) is 7.44. The first-order chi connectivity index (χ1) is 4.04. The molecule has 0 fully saturated rings. The summed E-state index contributed by atoms with van der Waals surface area (Å²) in [4.78, 5) is 11.0. The van der Waals surface area contributed by atoms with E-state index in [1.54, 1.807) is 0 Å². The lowest BCUT2D eigenvalue weighted by molar-refractivity contribution is -0.117. The van der Waals surface area contributed by atoms with Crippen molar-refractivity contribution in [3.63, 3.8) is 0 Å². The van der Waals surface area contributed by atoms with Crippen LogP contribution in [0.25, 0.3) is 0 Å². The maximum absolute atomic E-state index is 10.4. The van der Waals surface area contributed by atoms with E-state index in [2.05, 4.69) is 27.9 Å². The highest BCUT2D eigenvalue weighted by Crippen LogP contribution is 1.98. The van der Waals surface area contributed by atoms with Gasteiger partial charge < -0.3 is 5.32 Å². The van der Waals surface area contributed by atoms with Crippen molar-refractivity contribution in [2.24, 2.45) is 0 Å². The van der Waals surface area contributed by atoms with Gasteiger partial charge >= 0.3 is 0 Å². The average molecular weight is 257 g/mol. The van der Waals surface area contributed by atoms with E-state index in [0.29, 0.717) is 4.99 Å². The Labute approximate surface area is 73.5 Å². The fourth-order valence-electron chi connectivity index (χ4n) is 0.273. The van der Waals surface area contributed by atoms with E-state index < -0.39 is 0 Å². The van der Waals surface area contributed by atoms with Crippen LogP contribution in [-0.2, 0) is 4.79 Å². The fraction of sp³-hybridized carbons (Fsp3) is 0.600. The summed E-state index contributed by atoms with van der Waals surface area (Å²) in [5.41, 5.74) is 0. The van der Waals surface area contributed by atoms with Gasteiger partial charge in [-0.1, -0.05) is 34.8 Å². The number of thiocarbonyl (C=S) groups is 1. The van der Waals surface area contributed by atoms with Crippen molar-refractivity contribution in [1.29, 1.82) is 0 Å². The molecule has 9 heavy (non-hydrogen) atoms. The highest BCUT2D eigenvalue weighted by atomic mass is 127. The van der Waals surface area contributed by atoms with Crippen LogP contribution in [-0.4, -0.2) is 14.8 Å². The molecule has 0 heterocycles. The molecule has 0 aliphatic heterocycles. The highest BCUT2D eigenvalue weighted by molar-refractivity contribution is 14.1. The molecule has 0 aliphatic carbocycles. The fourth-order valence-corrected chi connectivity index (χ4v) is 0.572. The number of nitrogens with one attached hydrogen (secondary N) is 1. The van der Waals surface area contributed by atoms with Crippen LogP contribution in [0.4, 0.5) is 0 Å². The van der Waals surface area contributed by atoms with E-state index in [1.165, 1.54) is 6.92 Å². The molecule has 2 nitrogen and oxygen atoms in total. The Morgan fingerprint density at radius 1 is 1.78 bits per heavy atom. The third-order valence-electron chi connectivity index (χ3n) is 0.661. The van der Waals surface area contributed by atoms with Crippen LogP contribution in [0.15, 0.2) is 0 Å². The van der Waals surface area contributed by atoms with Crippen molar-refractivity contribution in [3.8, 4) is 0 Å². The van der Waals surface area contributed by atoms with Gasteiger partial charge in [-0.05, 0) is 6.92 Å². The zero-order valence-electron chi connectivity index (χ0n) is 5.27. The topological polar surface area (TPSA) is 29.1 Å². The quantitative estimate of drug-likeness (QED) is 0.435. The maximum Gasteiger partial charge on any atom is 0.221 e. The number of amides is 1. The monoisotopic (exact) mass is 257 g/mol. The standard InChI is InChI=1S/C5H8INOS/c1-3(6)5(9)7-4(2)8/h3H,1-2H3,(H,7,8,9). The summed E-state index contributed by atoms with van der Waals surface area (Å²) in [7, 11) is 0. The van der Waals surface area contributed by atoms with Crippen LogP contribution in [0.2, 0.25) is 0 Å². The summed E-state index contributed by atoms with van der Waals surface area (Å²) in [6, 6.07) is 0. The molecule has 0 aromatic heterocycles. The number of carbonyl (C=O) groups is 1. The van der Waals surface area contributed by atoms with Gasteiger partial charge in [-0.3, -0.25) is 4.79 Å². The Kier molecular flexibility index (Phi) is 4.29. The maximum atomic E-state index is 10.4. The predicted molar refractivity (Wildman–Crippen MR) is 49.9 cm³/mol. The third-order valence-corrected chi connectivity index (χ3v) is 2.16. The molecule has 0 aromatic carbocycles. The smallest absolute Gasteiger partial charge is 0.221 e. The molecule has 0 bridgehead atoms. The minimum Gasteiger partial charge on any atom is -0.320 e. The van der Waals surface area contributed by atoms with E-state index >= 15 is 0 Å². The van der Waals surface area contributed by atoms with E-state index in [4.69, 9.17) is 12.2 Å². The van der Waals surface area contributed by atoms with E-state index in [0.717, 1.165) is 0 Å². The molecule has 1 N–H and O–H groups in total. The molecule has 1 unspecified atom stereocenters. The molecule has 0 saturated heterocycles. The second-order valence-corrected chi connectivity index (χ2v) is 3.97. The number of hydrogen-bond acceptors (Lipinski definition) is 2. The summed E-state index contributed by atoms with van der Waals surface area (Å²) < 4.78 is 0.224. The Morgan fingerprint density at radius 3 is 2.33 bits per heavy atom. The zero-order valence-corrected chi connectivity index (χ0v) is 8.25. The highest BCUT2D eigenvalue weighted by Gasteiger charge is 2.03. The number of halogens is 1. The molecule has 0 aliphatic rings. The summed E-state index contributed by atoms with van der Waals surface area (Å²) >= 11 is 6.96. The minimum atomic E-state index is -0.0940. The molecule has 1 amide bonds. The van der Waals surface area contributed by atoms with Gasteiger partial charge in [-0.25, -0.2) is 0 Å². The Hall–Kier alpha value is 0.290. The summed E-state index contributed by atoms with van der Waals surface area (Å²) in [5, 5.41) is 2.53. The Balaban J connectivity index is 3.64. The van der Waals surface area contributed by atoms with E-state index in [-0.39, 0.29) is 9.83 Å². The van der Waals surface area contributed by atoms with Gasteiger partial charge in [0.15, 0.2) is 0 Å². The van der Waals surface area contributed by atoms with Crippen LogP contribution in [0.1, 0.15) is 13.8 Å². The molecular formula is C5H8INOS. The van der Waals surface area contributed by atoms with Gasteiger partial charge in [-0.15, -0.1) is 0 Å². The molecular weight excluding hydrogens is 249 g/mol. The van der Waals surface area contributed by atoms with Crippen molar-refractivity contribution < 1.29 is 4.79 Å². The molecule has 0 aromatic rings. The van der Waals surface area contributed by atoms with Crippen LogP contribution in [0, 0.1) is 0 Å². The summed E-state index contributed by atoms with van der Waals surface area (Å²) in [6.45, 7) is 3.38. The number of rotatable bonds is 1. The SMILES string of the molecule is CC(=O)NC(=S)C(C)I. The third kappa shape index (κ3) is 4.77. The molecule has 0 saturated carbocycles. The molecule has 0 radical (unpaired) electrons. The van der Waals surface area contributed by atoms with Gasteiger partial charge in [0.25, 0.3) is 0 Å². The predicted octanol–water partition coefficient (Wildman–Crippen LogP) is 1.27. The van der Waals surface area contributed by atoms with Crippen LogP contribution in [0.5, 0.6) is 0 Å². The second-order valence-electron chi connectivity index (χ2n) is 1.66. The van der Waals surface area contributed by atoms with Crippen molar-refractivity contribution in [2.75, 3.05) is 0 Å². The van der Waals surface area contributed by atoms with Gasteiger partial charge in [0.05, 0.1) is 8.91 Å². The molecule has 52 valence electrons. The summed E-state index contributed by atoms with van der Waals surface area (Å²) in [5.74, 6) is -0.0940. The lowest BCUT2D eigenvalue weighted by Gasteiger charge is -2.04. The van der Waals surface area contributed by atoms with Gasteiger partial charge in [0.2, 0.25) is 5.91 Å². The van der Waals surface area contributed by atoms with Crippen LogP contribution >= 0.6 is 34.8 Å². The minimum absolute atomic E-state index is 0.0940. The normalized spacial score (nSPS) is 12.3. The van der Waals surface area contributed by atoms with Crippen molar-refractivity contribution >= 4 is 45.7 Å². The van der Waals surface area contributed by atoms with Gasteiger partial charge in [0, 0.05) is 6.92 Å². The Morgan fingerprint density at radius 2 is 2.22 bits per heavy atom. The first kappa shape index (κ1) is 9.29. The number of carbonyl (C=O) groups excluding carboxylic acids is 1. The summed E-state index contributed by atoms with van der Waals surface area (Å²) in [6.07, 6.45) is 0. The van der Waals surface area contributed by atoms with E-state index in [1.807, 2.05) is 6.92 Å². The largest absolute Gasteiger partial charge is 0.320 e. The van der Waals surface area contributed by atoms with E-state index in [9.17, 15) is 4.79 Å². The number of hydrogen-bond donors (Lipinski definition) is 1. The van der Waals surface area contributed by atoms with Crippen LogP contribution in [0.3, 0.4) is 0 Å². The number of alkyl halides is 1.